The first-order chi connectivity index (χ1) is 4.33. The summed E-state index contributed by atoms with van der Waals surface area (Å²) in [6.07, 6.45) is 2.73. The maximum Gasteiger partial charge on any atom is 0.181 e. The minimum Gasteiger partial charge on any atom is -0.352 e. The van der Waals surface area contributed by atoms with Gasteiger partial charge in [-0.05, 0) is 12.2 Å². The summed E-state index contributed by atoms with van der Waals surface area (Å²) in [5.41, 5.74) is 0. The molecule has 3 nitrogen and oxygen atoms in total. The van der Waals surface area contributed by atoms with Crippen molar-refractivity contribution >= 4 is 5.78 Å². The van der Waals surface area contributed by atoms with Crippen LogP contribution in [0.2, 0.25) is 0 Å². The molecule has 0 saturated heterocycles. The molecule has 0 fully saturated rings. The largest absolute Gasteiger partial charge is 0.352 e. The fourth-order valence-corrected chi connectivity index (χ4v) is 0.600. The zero-order valence-electron chi connectivity index (χ0n) is 5.16. The van der Waals surface area contributed by atoms with Crippen LogP contribution in [-0.2, 0) is 14.3 Å². The van der Waals surface area contributed by atoms with Crippen molar-refractivity contribution in [2.24, 2.45) is 0 Å². The number of hydrogen-bond acceptors (Lipinski definition) is 3. The van der Waals surface area contributed by atoms with Crippen LogP contribution in [0.1, 0.15) is 0 Å². The van der Waals surface area contributed by atoms with Crippen molar-refractivity contribution in [3.63, 3.8) is 0 Å². The molecule has 0 saturated carbocycles. The van der Waals surface area contributed by atoms with E-state index in [1.807, 2.05) is 0 Å². The Balaban J connectivity index is 2.48. The minimum absolute atomic E-state index is 0.0108. The van der Waals surface area contributed by atoms with E-state index in [0.717, 1.165) is 0 Å². The smallest absolute Gasteiger partial charge is 0.181 e. The van der Waals surface area contributed by atoms with Crippen LogP contribution in [0.25, 0.3) is 0 Å². The molecule has 1 aliphatic rings. The number of methoxy groups -OCH3 is 1. The third kappa shape index (κ3) is 1.62. The quantitative estimate of drug-likeness (QED) is 0.503. The van der Waals surface area contributed by atoms with Gasteiger partial charge < -0.3 is 9.47 Å². The fraction of sp³-hybridized carbons (Fsp3) is 0.500. The van der Waals surface area contributed by atoms with Crippen molar-refractivity contribution in [3.05, 3.63) is 12.2 Å². The molecule has 0 radical (unpaired) electrons. The van der Waals surface area contributed by atoms with Gasteiger partial charge in [0.15, 0.2) is 12.1 Å². The van der Waals surface area contributed by atoms with Crippen molar-refractivity contribution in [2.45, 2.75) is 6.29 Å². The summed E-state index contributed by atoms with van der Waals surface area (Å²) >= 11 is 0. The third-order valence-corrected chi connectivity index (χ3v) is 1.06. The second-order valence-electron chi connectivity index (χ2n) is 1.74. The SMILES string of the molecule is CO[C@@H]1C=CC(=O)CO1. The monoisotopic (exact) mass is 128 g/mol. The molecule has 1 atom stereocenters. The van der Waals surface area contributed by atoms with Crippen LogP contribution in [0.15, 0.2) is 12.2 Å². The topological polar surface area (TPSA) is 35.5 Å². The summed E-state index contributed by atoms with van der Waals surface area (Å²) in [5, 5.41) is 0. The Morgan fingerprint density at radius 1 is 1.89 bits per heavy atom. The number of hydrogen-bond donors (Lipinski definition) is 0. The van der Waals surface area contributed by atoms with E-state index < -0.39 is 0 Å². The average Bonchev–Trinajstić information content (AvgIpc) is 1.90. The van der Waals surface area contributed by atoms with Gasteiger partial charge in [-0.3, -0.25) is 4.79 Å². The molecule has 1 heterocycles. The van der Waals surface area contributed by atoms with Gasteiger partial charge in [0.2, 0.25) is 0 Å². The van der Waals surface area contributed by atoms with E-state index in [4.69, 9.17) is 9.47 Å². The number of carbonyl (C=O) groups excluding carboxylic acids is 1. The van der Waals surface area contributed by atoms with Gasteiger partial charge in [-0.2, -0.15) is 0 Å². The lowest BCUT2D eigenvalue weighted by Gasteiger charge is -2.13. The van der Waals surface area contributed by atoms with E-state index in [1.165, 1.54) is 13.2 Å². The second kappa shape index (κ2) is 2.75. The van der Waals surface area contributed by atoms with Gasteiger partial charge in [0.1, 0.15) is 6.61 Å². The Morgan fingerprint density at radius 3 is 3.11 bits per heavy atom. The van der Waals surface area contributed by atoms with Crippen molar-refractivity contribution in [2.75, 3.05) is 13.7 Å². The Hall–Kier alpha value is -0.670. The first-order valence-corrected chi connectivity index (χ1v) is 2.68. The highest BCUT2D eigenvalue weighted by Crippen LogP contribution is 2.00. The van der Waals surface area contributed by atoms with E-state index in [0.29, 0.717) is 0 Å². The summed E-state index contributed by atoms with van der Waals surface area (Å²) in [7, 11) is 1.53. The van der Waals surface area contributed by atoms with Gasteiger partial charge in [0.25, 0.3) is 0 Å². The lowest BCUT2D eigenvalue weighted by molar-refractivity contribution is -0.136. The maximum atomic E-state index is 10.5. The van der Waals surface area contributed by atoms with Crippen LogP contribution < -0.4 is 0 Å². The van der Waals surface area contributed by atoms with E-state index >= 15 is 0 Å². The lowest BCUT2D eigenvalue weighted by atomic mass is 10.3. The molecule has 0 aliphatic carbocycles. The molecule has 0 N–H and O–H groups in total. The van der Waals surface area contributed by atoms with Crippen LogP contribution in [0.5, 0.6) is 0 Å². The van der Waals surface area contributed by atoms with Crippen molar-refractivity contribution in [3.8, 4) is 0 Å². The summed E-state index contributed by atoms with van der Waals surface area (Å²) in [6.45, 7) is 0.134. The highest BCUT2D eigenvalue weighted by atomic mass is 16.7. The Bertz CT molecular complexity index is 139. The summed E-state index contributed by atoms with van der Waals surface area (Å²) in [4.78, 5) is 10.5. The molecule has 0 aromatic carbocycles. The molecule has 50 valence electrons. The predicted octanol–water partition coefficient (Wildman–Crippen LogP) is 0.114. The molecule has 1 rings (SSSR count). The molecule has 9 heavy (non-hydrogen) atoms. The molecule has 0 unspecified atom stereocenters. The molecule has 3 heteroatoms. The lowest BCUT2D eigenvalue weighted by Crippen LogP contribution is -2.21. The second-order valence-corrected chi connectivity index (χ2v) is 1.74. The van der Waals surface area contributed by atoms with Gasteiger partial charge in [-0.1, -0.05) is 0 Å². The number of carbonyl (C=O) groups is 1. The molecule has 0 aromatic heterocycles. The van der Waals surface area contributed by atoms with Gasteiger partial charge in [-0.25, -0.2) is 0 Å². The van der Waals surface area contributed by atoms with E-state index in [2.05, 4.69) is 0 Å². The van der Waals surface area contributed by atoms with Crippen LogP contribution in [0.4, 0.5) is 0 Å². The maximum absolute atomic E-state index is 10.5. The molecule has 0 bridgehead atoms. The van der Waals surface area contributed by atoms with Crippen LogP contribution in [-0.4, -0.2) is 25.8 Å². The van der Waals surface area contributed by atoms with Gasteiger partial charge in [0.05, 0.1) is 0 Å². The van der Waals surface area contributed by atoms with Crippen molar-refractivity contribution in [1.29, 1.82) is 0 Å². The first-order valence-electron chi connectivity index (χ1n) is 2.68. The third-order valence-electron chi connectivity index (χ3n) is 1.06. The molecule has 0 spiro atoms. The number of ketones is 1. The molecule has 1 aliphatic heterocycles. The number of rotatable bonds is 1. The predicted molar refractivity (Wildman–Crippen MR) is 30.9 cm³/mol. The molecule has 0 amide bonds. The normalized spacial score (nSPS) is 26.8. The zero-order valence-corrected chi connectivity index (χ0v) is 5.16. The van der Waals surface area contributed by atoms with Crippen LogP contribution >= 0.6 is 0 Å². The van der Waals surface area contributed by atoms with E-state index in [1.54, 1.807) is 6.08 Å². The number of ether oxygens (including phenoxy) is 2. The first kappa shape index (κ1) is 6.45. The van der Waals surface area contributed by atoms with Gasteiger partial charge >= 0.3 is 0 Å². The summed E-state index contributed by atoms with van der Waals surface area (Å²) in [6, 6.07) is 0. The Morgan fingerprint density at radius 2 is 2.67 bits per heavy atom. The average molecular weight is 128 g/mol. The Kier molecular flexibility index (Phi) is 1.97. The van der Waals surface area contributed by atoms with Crippen LogP contribution in [0, 0.1) is 0 Å². The van der Waals surface area contributed by atoms with E-state index in [9.17, 15) is 4.79 Å². The highest BCUT2D eigenvalue weighted by Gasteiger charge is 2.10. The van der Waals surface area contributed by atoms with Crippen molar-refractivity contribution < 1.29 is 14.3 Å². The van der Waals surface area contributed by atoms with Gasteiger partial charge in [-0.15, -0.1) is 0 Å². The molecule has 0 aromatic rings. The Labute approximate surface area is 53.3 Å². The molecular formula is C6H8O3. The summed E-state index contributed by atoms with van der Waals surface area (Å²) < 4.78 is 9.66. The van der Waals surface area contributed by atoms with Crippen molar-refractivity contribution in [1.82, 2.24) is 0 Å². The van der Waals surface area contributed by atoms with Gasteiger partial charge in [0, 0.05) is 7.11 Å². The standard InChI is InChI=1S/C6H8O3/c1-8-6-3-2-5(7)4-9-6/h2-3,6H,4H2,1H3/t6-/m0/s1. The van der Waals surface area contributed by atoms with Crippen LogP contribution in [0.3, 0.4) is 0 Å². The summed E-state index contributed by atoms with van der Waals surface area (Å²) in [5.74, 6) is -0.0108. The molecular weight excluding hydrogens is 120 g/mol. The highest BCUT2D eigenvalue weighted by molar-refractivity contribution is 5.91. The minimum atomic E-state index is -0.331. The fourth-order valence-electron chi connectivity index (χ4n) is 0.600. The zero-order chi connectivity index (χ0) is 6.69. The van der Waals surface area contributed by atoms with E-state index in [-0.39, 0.29) is 18.7 Å².